The second-order valence-electron chi connectivity index (χ2n) is 5.89. The van der Waals surface area contributed by atoms with Crippen LogP contribution in [-0.4, -0.2) is 37.4 Å². The zero-order valence-corrected chi connectivity index (χ0v) is 13.8. The van der Waals surface area contributed by atoms with Crippen molar-refractivity contribution in [3.05, 3.63) is 71.8 Å². The van der Waals surface area contributed by atoms with Gasteiger partial charge in [0.15, 0.2) is 0 Å². The Hall–Kier alpha value is -2.66. The smallest absolute Gasteiger partial charge is 0.338 e. The van der Waals surface area contributed by atoms with Crippen molar-refractivity contribution in [2.75, 3.05) is 13.2 Å². The summed E-state index contributed by atoms with van der Waals surface area (Å²) in [6.45, 7) is 0.410. The monoisotopic (exact) mass is 340 g/mol. The average molecular weight is 340 g/mol. The molecular formula is C20H20O5. The molecule has 0 saturated carbocycles. The van der Waals surface area contributed by atoms with Crippen LogP contribution in [0.5, 0.6) is 0 Å². The fourth-order valence-corrected chi connectivity index (χ4v) is 2.68. The molecule has 0 spiro atoms. The summed E-state index contributed by atoms with van der Waals surface area (Å²) >= 11 is 0. The Morgan fingerprint density at radius 1 is 0.760 bits per heavy atom. The topological polar surface area (TPSA) is 61.8 Å². The van der Waals surface area contributed by atoms with E-state index >= 15 is 0 Å². The molecule has 2 atom stereocenters. The molecule has 5 nitrogen and oxygen atoms in total. The fourth-order valence-electron chi connectivity index (χ4n) is 2.68. The van der Waals surface area contributed by atoms with Crippen molar-refractivity contribution in [1.29, 1.82) is 0 Å². The molecule has 1 aliphatic rings. The van der Waals surface area contributed by atoms with Gasteiger partial charge in [0.05, 0.1) is 23.3 Å². The predicted molar refractivity (Wildman–Crippen MR) is 91.3 cm³/mol. The molecule has 1 saturated heterocycles. The Labute approximate surface area is 146 Å². The second kappa shape index (κ2) is 8.44. The number of hydrogen-bond donors (Lipinski definition) is 0. The van der Waals surface area contributed by atoms with Crippen molar-refractivity contribution in [1.82, 2.24) is 0 Å². The lowest BCUT2D eigenvalue weighted by Gasteiger charge is -2.14. The number of hydrogen-bond acceptors (Lipinski definition) is 5. The summed E-state index contributed by atoms with van der Waals surface area (Å²) in [5.41, 5.74) is 1.04. The van der Waals surface area contributed by atoms with Gasteiger partial charge in [-0.05, 0) is 37.1 Å². The van der Waals surface area contributed by atoms with E-state index in [1.165, 1.54) is 0 Å². The van der Waals surface area contributed by atoms with Crippen LogP contribution < -0.4 is 0 Å². The zero-order valence-electron chi connectivity index (χ0n) is 13.8. The standard InChI is InChI=1S/C20H20O5/c21-19(15-7-3-1-4-8-15)23-13-17-11-12-18(25-17)14-24-20(22)16-9-5-2-6-10-16/h1-10,17-18H,11-14H2/t17-,18+. The van der Waals surface area contributed by atoms with E-state index in [-0.39, 0.29) is 37.4 Å². The molecule has 5 heteroatoms. The minimum Gasteiger partial charge on any atom is -0.459 e. The molecule has 25 heavy (non-hydrogen) atoms. The highest BCUT2D eigenvalue weighted by Gasteiger charge is 2.27. The summed E-state index contributed by atoms with van der Waals surface area (Å²) in [5, 5.41) is 0. The first-order valence-electron chi connectivity index (χ1n) is 8.32. The fraction of sp³-hybridized carbons (Fsp3) is 0.300. The first kappa shape index (κ1) is 17.2. The van der Waals surface area contributed by atoms with E-state index in [1.54, 1.807) is 48.5 Å². The van der Waals surface area contributed by atoms with Gasteiger partial charge in [0.1, 0.15) is 13.2 Å². The van der Waals surface area contributed by atoms with Gasteiger partial charge in [0.25, 0.3) is 0 Å². The summed E-state index contributed by atoms with van der Waals surface area (Å²) in [4.78, 5) is 23.8. The number of carbonyl (C=O) groups excluding carboxylic acids is 2. The highest BCUT2D eigenvalue weighted by atomic mass is 16.6. The van der Waals surface area contributed by atoms with E-state index in [0.29, 0.717) is 11.1 Å². The Bertz CT molecular complexity index is 637. The van der Waals surface area contributed by atoms with E-state index in [4.69, 9.17) is 14.2 Å². The van der Waals surface area contributed by atoms with Crippen molar-refractivity contribution in [3.63, 3.8) is 0 Å². The summed E-state index contributed by atoms with van der Waals surface area (Å²) in [7, 11) is 0. The Kier molecular flexibility index (Phi) is 5.80. The summed E-state index contributed by atoms with van der Waals surface area (Å²) in [5.74, 6) is -0.716. The van der Waals surface area contributed by atoms with Crippen LogP contribution in [0.1, 0.15) is 33.6 Å². The summed E-state index contributed by atoms with van der Waals surface area (Å²) < 4.78 is 16.3. The molecule has 1 heterocycles. The van der Waals surface area contributed by atoms with E-state index in [9.17, 15) is 9.59 Å². The number of carbonyl (C=O) groups is 2. The van der Waals surface area contributed by atoms with Gasteiger partial charge < -0.3 is 14.2 Å². The van der Waals surface area contributed by atoms with Gasteiger partial charge in [0, 0.05) is 0 Å². The van der Waals surface area contributed by atoms with Crippen LogP contribution in [0, 0.1) is 0 Å². The molecule has 0 N–H and O–H groups in total. The van der Waals surface area contributed by atoms with E-state index < -0.39 is 0 Å². The van der Waals surface area contributed by atoms with Crippen LogP contribution in [0.15, 0.2) is 60.7 Å². The number of ether oxygens (including phenoxy) is 3. The highest BCUT2D eigenvalue weighted by molar-refractivity contribution is 5.89. The SMILES string of the molecule is O=C(OC[C@H]1CC[C@@H](COC(=O)c2ccccc2)O1)c1ccccc1. The molecule has 3 rings (SSSR count). The maximum absolute atomic E-state index is 11.9. The third-order valence-electron chi connectivity index (χ3n) is 4.02. The van der Waals surface area contributed by atoms with Crippen LogP contribution in [0.2, 0.25) is 0 Å². The van der Waals surface area contributed by atoms with Crippen molar-refractivity contribution < 1.29 is 23.8 Å². The Morgan fingerprint density at radius 3 is 1.56 bits per heavy atom. The molecule has 0 bridgehead atoms. The molecular weight excluding hydrogens is 320 g/mol. The molecule has 2 aromatic rings. The maximum Gasteiger partial charge on any atom is 0.338 e. The first-order chi connectivity index (χ1) is 12.2. The Morgan fingerprint density at radius 2 is 1.16 bits per heavy atom. The van der Waals surface area contributed by atoms with Crippen LogP contribution in [0.4, 0.5) is 0 Å². The van der Waals surface area contributed by atoms with Crippen molar-refractivity contribution in [2.45, 2.75) is 25.0 Å². The largest absolute Gasteiger partial charge is 0.459 e. The van der Waals surface area contributed by atoms with Gasteiger partial charge >= 0.3 is 11.9 Å². The lowest BCUT2D eigenvalue weighted by molar-refractivity contribution is -0.0306. The van der Waals surface area contributed by atoms with Crippen LogP contribution in [0.25, 0.3) is 0 Å². The lowest BCUT2D eigenvalue weighted by Crippen LogP contribution is -2.23. The quantitative estimate of drug-likeness (QED) is 0.756. The zero-order chi connectivity index (χ0) is 17.5. The minimum atomic E-state index is -0.358. The van der Waals surface area contributed by atoms with Crippen molar-refractivity contribution >= 4 is 11.9 Å². The first-order valence-corrected chi connectivity index (χ1v) is 8.32. The third kappa shape index (κ3) is 4.90. The molecule has 1 fully saturated rings. The third-order valence-corrected chi connectivity index (χ3v) is 4.02. The minimum absolute atomic E-state index is 0.159. The Balaban J connectivity index is 1.39. The highest BCUT2D eigenvalue weighted by Crippen LogP contribution is 2.21. The molecule has 0 aromatic heterocycles. The lowest BCUT2D eigenvalue weighted by atomic mass is 10.2. The van der Waals surface area contributed by atoms with Crippen molar-refractivity contribution in [2.24, 2.45) is 0 Å². The van der Waals surface area contributed by atoms with Crippen molar-refractivity contribution in [3.8, 4) is 0 Å². The maximum atomic E-state index is 11.9. The molecule has 0 unspecified atom stereocenters. The number of rotatable bonds is 6. The number of benzene rings is 2. The predicted octanol–water partition coefficient (Wildman–Crippen LogP) is 3.25. The van der Waals surface area contributed by atoms with Gasteiger partial charge in [-0.3, -0.25) is 0 Å². The summed E-state index contributed by atoms with van der Waals surface area (Å²) in [6.07, 6.45) is 1.23. The normalized spacial score (nSPS) is 19.4. The van der Waals surface area contributed by atoms with Crippen LogP contribution in [0.3, 0.4) is 0 Å². The van der Waals surface area contributed by atoms with Gasteiger partial charge in [-0.2, -0.15) is 0 Å². The molecule has 0 amide bonds. The van der Waals surface area contributed by atoms with Gasteiger partial charge in [-0.1, -0.05) is 36.4 Å². The van der Waals surface area contributed by atoms with Gasteiger partial charge in [-0.15, -0.1) is 0 Å². The molecule has 130 valence electrons. The van der Waals surface area contributed by atoms with E-state index in [0.717, 1.165) is 12.8 Å². The van der Waals surface area contributed by atoms with Crippen LogP contribution in [-0.2, 0) is 14.2 Å². The molecule has 0 aliphatic carbocycles. The summed E-state index contributed by atoms with van der Waals surface area (Å²) in [6, 6.07) is 17.7. The second-order valence-corrected chi connectivity index (χ2v) is 5.89. The van der Waals surface area contributed by atoms with Gasteiger partial charge in [-0.25, -0.2) is 9.59 Å². The van der Waals surface area contributed by atoms with Gasteiger partial charge in [0.2, 0.25) is 0 Å². The van der Waals surface area contributed by atoms with E-state index in [1.807, 2.05) is 12.1 Å². The van der Waals surface area contributed by atoms with Crippen LogP contribution >= 0.6 is 0 Å². The average Bonchev–Trinajstić information content (AvgIpc) is 3.13. The number of esters is 2. The molecule has 0 radical (unpaired) electrons. The molecule has 2 aromatic carbocycles. The molecule has 1 aliphatic heterocycles. The van der Waals surface area contributed by atoms with E-state index in [2.05, 4.69) is 0 Å².